The molecule has 2 fully saturated rings. The molecule has 3 heterocycles. The number of amides is 1. The number of hydrogen-bond donors (Lipinski definition) is 3. The normalized spacial score (nSPS) is 16.0. The van der Waals surface area contributed by atoms with Crippen molar-refractivity contribution in [1.82, 2.24) is 15.0 Å². The molecule has 2 aliphatic heterocycles. The van der Waals surface area contributed by atoms with Gasteiger partial charge in [0, 0.05) is 48.5 Å². The molecule has 2 saturated heterocycles. The van der Waals surface area contributed by atoms with Crippen LogP contribution in [0.15, 0.2) is 42.5 Å². The SMILES string of the molecule is O=C(Nc1ccc(Nc2nc(N3CCCCC3)nc(N3CCCCC3)n2)cc1O)c1ccc(Cl)cc1. The number of halogens is 1. The number of nitrogens with zero attached hydrogens (tertiary/aromatic N) is 5. The zero-order valence-electron chi connectivity index (χ0n) is 20.1. The Morgan fingerprint density at radius 1 is 0.806 bits per heavy atom. The molecule has 1 amide bonds. The zero-order valence-corrected chi connectivity index (χ0v) is 20.8. The minimum absolute atomic E-state index is 0.0659. The molecule has 0 unspecified atom stereocenters. The maximum absolute atomic E-state index is 12.5. The lowest BCUT2D eigenvalue weighted by Crippen LogP contribution is -2.34. The van der Waals surface area contributed by atoms with Crippen molar-refractivity contribution in [2.45, 2.75) is 38.5 Å². The summed E-state index contributed by atoms with van der Waals surface area (Å²) < 4.78 is 0. The van der Waals surface area contributed by atoms with Gasteiger partial charge < -0.3 is 25.5 Å². The maximum Gasteiger partial charge on any atom is 0.255 e. The highest BCUT2D eigenvalue weighted by atomic mass is 35.5. The minimum Gasteiger partial charge on any atom is -0.506 e. The van der Waals surface area contributed by atoms with Gasteiger partial charge in [-0.3, -0.25) is 4.79 Å². The van der Waals surface area contributed by atoms with E-state index >= 15 is 0 Å². The Hall–Kier alpha value is -3.59. The van der Waals surface area contributed by atoms with Crippen LogP contribution in [0, 0.1) is 0 Å². The van der Waals surface area contributed by atoms with Gasteiger partial charge in [-0.05, 0) is 74.9 Å². The van der Waals surface area contributed by atoms with Crippen molar-refractivity contribution < 1.29 is 9.90 Å². The fourth-order valence-corrected chi connectivity index (χ4v) is 4.65. The quantitative estimate of drug-likeness (QED) is 0.390. The van der Waals surface area contributed by atoms with Crippen LogP contribution >= 0.6 is 11.6 Å². The summed E-state index contributed by atoms with van der Waals surface area (Å²) in [5.74, 6) is 1.40. The molecule has 3 N–H and O–H groups in total. The van der Waals surface area contributed by atoms with Crippen LogP contribution in [0.1, 0.15) is 48.9 Å². The van der Waals surface area contributed by atoms with Crippen molar-refractivity contribution in [1.29, 1.82) is 0 Å². The second-order valence-electron chi connectivity index (χ2n) is 9.17. The van der Waals surface area contributed by atoms with Gasteiger partial charge in [-0.2, -0.15) is 15.0 Å². The van der Waals surface area contributed by atoms with Crippen molar-refractivity contribution in [3.63, 3.8) is 0 Å². The van der Waals surface area contributed by atoms with Gasteiger partial charge in [0.1, 0.15) is 5.75 Å². The number of aromatic hydroxyl groups is 1. The molecule has 0 bridgehead atoms. The van der Waals surface area contributed by atoms with E-state index in [1.165, 1.54) is 12.8 Å². The number of aromatic nitrogens is 3. The van der Waals surface area contributed by atoms with Gasteiger partial charge in [0.25, 0.3) is 5.91 Å². The first kappa shape index (κ1) is 24.1. The Bertz CT molecular complexity index is 1170. The second-order valence-corrected chi connectivity index (χ2v) is 9.61. The summed E-state index contributed by atoms with van der Waals surface area (Å²) in [6.45, 7) is 3.74. The van der Waals surface area contributed by atoms with Crippen LogP contribution < -0.4 is 20.4 Å². The summed E-state index contributed by atoms with van der Waals surface area (Å²) >= 11 is 5.90. The molecular formula is C26H30ClN7O2. The number of phenolic OH excluding ortho intramolecular Hbond substituents is 1. The first-order chi connectivity index (χ1) is 17.5. The van der Waals surface area contributed by atoms with Crippen LogP contribution in [-0.2, 0) is 0 Å². The topological polar surface area (TPSA) is 107 Å². The number of benzene rings is 2. The number of piperidine rings is 2. The largest absolute Gasteiger partial charge is 0.506 e. The average molecular weight is 508 g/mol. The molecule has 0 saturated carbocycles. The van der Waals surface area contributed by atoms with Crippen molar-refractivity contribution in [3.05, 3.63) is 53.1 Å². The molecule has 5 rings (SSSR count). The number of nitrogens with one attached hydrogen (secondary N) is 2. The molecule has 188 valence electrons. The van der Waals surface area contributed by atoms with E-state index in [-0.39, 0.29) is 11.7 Å². The lowest BCUT2D eigenvalue weighted by atomic mass is 10.1. The number of phenols is 1. The fraction of sp³-hybridized carbons (Fsp3) is 0.385. The predicted molar refractivity (Wildman–Crippen MR) is 143 cm³/mol. The molecule has 0 radical (unpaired) electrons. The molecule has 9 nitrogen and oxygen atoms in total. The summed E-state index contributed by atoms with van der Waals surface area (Å²) in [5.41, 5.74) is 1.36. The summed E-state index contributed by atoms with van der Waals surface area (Å²) in [6.07, 6.45) is 6.97. The Morgan fingerprint density at radius 3 is 1.94 bits per heavy atom. The summed E-state index contributed by atoms with van der Waals surface area (Å²) in [5, 5.41) is 17.1. The summed E-state index contributed by atoms with van der Waals surface area (Å²) in [6, 6.07) is 11.5. The average Bonchev–Trinajstić information content (AvgIpc) is 2.91. The molecule has 0 aliphatic carbocycles. The van der Waals surface area contributed by atoms with E-state index in [4.69, 9.17) is 26.6 Å². The molecule has 0 atom stereocenters. The Kier molecular flexibility index (Phi) is 7.36. The van der Waals surface area contributed by atoms with Crippen LogP contribution in [0.5, 0.6) is 5.75 Å². The highest BCUT2D eigenvalue weighted by Gasteiger charge is 2.20. The van der Waals surface area contributed by atoms with Crippen LogP contribution in [0.3, 0.4) is 0 Å². The monoisotopic (exact) mass is 507 g/mol. The van der Waals surface area contributed by atoms with E-state index in [0.717, 1.165) is 51.9 Å². The van der Waals surface area contributed by atoms with E-state index < -0.39 is 0 Å². The van der Waals surface area contributed by atoms with Gasteiger partial charge in [0.15, 0.2) is 0 Å². The smallest absolute Gasteiger partial charge is 0.255 e. The lowest BCUT2D eigenvalue weighted by Gasteiger charge is -2.30. The van der Waals surface area contributed by atoms with Crippen LogP contribution in [0.2, 0.25) is 5.02 Å². The highest BCUT2D eigenvalue weighted by Crippen LogP contribution is 2.30. The van der Waals surface area contributed by atoms with Gasteiger partial charge >= 0.3 is 0 Å². The second kappa shape index (κ2) is 11.0. The Balaban J connectivity index is 1.35. The van der Waals surface area contributed by atoms with Crippen molar-refractivity contribution >= 4 is 46.7 Å². The van der Waals surface area contributed by atoms with E-state index in [2.05, 4.69) is 20.4 Å². The predicted octanol–water partition coefficient (Wildman–Crippen LogP) is 5.21. The molecule has 10 heteroatoms. The molecule has 1 aromatic heterocycles. The van der Waals surface area contributed by atoms with Crippen LogP contribution in [0.25, 0.3) is 0 Å². The van der Waals surface area contributed by atoms with Gasteiger partial charge in [-0.15, -0.1) is 0 Å². The first-order valence-corrected chi connectivity index (χ1v) is 12.9. The number of hydrogen-bond acceptors (Lipinski definition) is 8. The van der Waals surface area contributed by atoms with Crippen molar-refractivity contribution in [2.24, 2.45) is 0 Å². The highest BCUT2D eigenvalue weighted by molar-refractivity contribution is 6.30. The number of anilines is 5. The van der Waals surface area contributed by atoms with Crippen molar-refractivity contribution in [2.75, 3.05) is 46.6 Å². The third kappa shape index (κ3) is 5.79. The van der Waals surface area contributed by atoms with E-state index in [1.54, 1.807) is 42.5 Å². The summed E-state index contributed by atoms with van der Waals surface area (Å²) in [7, 11) is 0. The van der Waals surface area contributed by atoms with Gasteiger partial charge in [0.05, 0.1) is 5.69 Å². The standard InChI is InChI=1S/C26H30ClN7O2/c27-19-9-7-18(8-10-19)23(36)29-21-12-11-20(17-22(21)35)28-24-30-25(33-13-3-1-4-14-33)32-26(31-24)34-15-5-2-6-16-34/h7-12,17,35H,1-6,13-16H2,(H,29,36)(H,28,30,31,32). The van der Waals surface area contributed by atoms with Crippen LogP contribution in [-0.4, -0.2) is 52.1 Å². The van der Waals surface area contributed by atoms with E-state index in [1.807, 2.05) is 0 Å². The number of rotatable bonds is 6. The molecule has 3 aromatic rings. The number of carbonyl (C=O) groups is 1. The van der Waals surface area contributed by atoms with E-state index in [0.29, 0.717) is 39.8 Å². The Morgan fingerprint density at radius 2 is 1.39 bits per heavy atom. The lowest BCUT2D eigenvalue weighted by molar-refractivity contribution is 0.102. The third-order valence-corrected chi connectivity index (χ3v) is 6.75. The third-order valence-electron chi connectivity index (χ3n) is 6.50. The molecule has 0 spiro atoms. The van der Waals surface area contributed by atoms with Gasteiger partial charge in [-0.25, -0.2) is 0 Å². The van der Waals surface area contributed by atoms with Crippen LogP contribution in [0.4, 0.5) is 29.2 Å². The minimum atomic E-state index is -0.336. The van der Waals surface area contributed by atoms with Gasteiger partial charge in [0.2, 0.25) is 17.8 Å². The summed E-state index contributed by atoms with van der Waals surface area (Å²) in [4.78, 5) is 31.2. The molecule has 2 aliphatic rings. The molecule has 36 heavy (non-hydrogen) atoms. The zero-order chi connectivity index (χ0) is 24.9. The van der Waals surface area contributed by atoms with Gasteiger partial charge in [-0.1, -0.05) is 11.6 Å². The first-order valence-electron chi connectivity index (χ1n) is 12.5. The molecular weight excluding hydrogens is 478 g/mol. The maximum atomic E-state index is 12.5. The van der Waals surface area contributed by atoms with Crippen molar-refractivity contribution in [3.8, 4) is 5.75 Å². The number of carbonyl (C=O) groups excluding carboxylic acids is 1. The fourth-order valence-electron chi connectivity index (χ4n) is 4.52. The Labute approximate surface area is 215 Å². The van der Waals surface area contributed by atoms with E-state index in [9.17, 15) is 9.90 Å². The molecule has 2 aromatic carbocycles.